The Hall–Kier alpha value is -0.770. The zero-order chi connectivity index (χ0) is 9.84. The molecule has 0 radical (unpaired) electrons. The van der Waals surface area contributed by atoms with Crippen LogP contribution in [0.3, 0.4) is 0 Å². The predicted molar refractivity (Wildman–Crippen MR) is 50.2 cm³/mol. The van der Waals surface area contributed by atoms with E-state index in [1.165, 1.54) is 4.90 Å². The third kappa shape index (κ3) is 2.88. The van der Waals surface area contributed by atoms with Crippen LogP contribution < -0.4 is 5.32 Å². The van der Waals surface area contributed by atoms with Crippen molar-refractivity contribution in [2.24, 2.45) is 5.92 Å². The summed E-state index contributed by atoms with van der Waals surface area (Å²) in [5.74, 6) is 0.655. The normalized spacial score (nSPS) is 22.6. The van der Waals surface area contributed by atoms with Gasteiger partial charge in [0, 0.05) is 6.54 Å². The molecule has 1 heterocycles. The van der Waals surface area contributed by atoms with E-state index in [0.717, 1.165) is 12.8 Å². The number of carbonyl (C=O) groups excluding carboxylic acids is 1. The van der Waals surface area contributed by atoms with Gasteiger partial charge in [-0.3, -0.25) is 4.90 Å². The molecule has 2 N–H and O–H groups in total. The van der Waals surface area contributed by atoms with E-state index < -0.39 is 6.23 Å². The van der Waals surface area contributed by atoms with E-state index in [4.69, 9.17) is 0 Å². The Morgan fingerprint density at radius 2 is 2.38 bits per heavy atom. The minimum Gasteiger partial charge on any atom is -0.372 e. The summed E-state index contributed by atoms with van der Waals surface area (Å²) in [5, 5.41) is 12.0. The van der Waals surface area contributed by atoms with Gasteiger partial charge in [0.1, 0.15) is 6.23 Å². The first-order valence-corrected chi connectivity index (χ1v) is 4.84. The fourth-order valence-corrected chi connectivity index (χ4v) is 1.45. The molecule has 1 aliphatic heterocycles. The van der Waals surface area contributed by atoms with Crippen LogP contribution in [0.25, 0.3) is 0 Å². The molecule has 4 heteroatoms. The van der Waals surface area contributed by atoms with Crippen molar-refractivity contribution in [1.82, 2.24) is 10.2 Å². The highest BCUT2D eigenvalue weighted by molar-refractivity contribution is 5.76. The molecule has 2 amide bonds. The second-order valence-corrected chi connectivity index (χ2v) is 3.90. The molecule has 0 saturated carbocycles. The Bertz CT molecular complexity index is 182. The fourth-order valence-electron chi connectivity index (χ4n) is 1.45. The molecule has 0 aromatic heterocycles. The van der Waals surface area contributed by atoms with Crippen molar-refractivity contribution < 1.29 is 9.90 Å². The highest BCUT2D eigenvalue weighted by Gasteiger charge is 2.27. The Balaban J connectivity index is 2.23. The lowest BCUT2D eigenvalue weighted by Crippen LogP contribution is -2.34. The number of urea groups is 1. The molecular weight excluding hydrogens is 168 g/mol. The fraction of sp³-hybridized carbons (Fsp3) is 0.889. The van der Waals surface area contributed by atoms with Crippen LogP contribution in [0.2, 0.25) is 0 Å². The van der Waals surface area contributed by atoms with Crippen molar-refractivity contribution in [1.29, 1.82) is 0 Å². The van der Waals surface area contributed by atoms with Gasteiger partial charge in [0.05, 0.1) is 6.54 Å². The van der Waals surface area contributed by atoms with E-state index >= 15 is 0 Å². The molecule has 0 spiro atoms. The number of aliphatic hydroxyl groups excluding tert-OH is 1. The van der Waals surface area contributed by atoms with E-state index in [0.29, 0.717) is 19.0 Å². The highest BCUT2D eigenvalue weighted by atomic mass is 16.3. The number of carbonyl (C=O) groups is 1. The van der Waals surface area contributed by atoms with Crippen molar-refractivity contribution in [2.45, 2.75) is 32.9 Å². The molecule has 13 heavy (non-hydrogen) atoms. The molecule has 1 atom stereocenters. The number of hydrogen-bond donors (Lipinski definition) is 2. The third-order valence-electron chi connectivity index (χ3n) is 2.24. The molecule has 1 aliphatic rings. The SMILES string of the molecule is CC(C)CCCN1C(=O)NCC1O. The first-order chi connectivity index (χ1) is 6.11. The topological polar surface area (TPSA) is 52.6 Å². The van der Waals surface area contributed by atoms with Gasteiger partial charge in [-0.1, -0.05) is 13.8 Å². The van der Waals surface area contributed by atoms with E-state index in [2.05, 4.69) is 19.2 Å². The number of rotatable bonds is 4. The second kappa shape index (κ2) is 4.46. The first kappa shape index (κ1) is 10.3. The second-order valence-electron chi connectivity index (χ2n) is 3.90. The lowest BCUT2D eigenvalue weighted by atomic mass is 10.1. The van der Waals surface area contributed by atoms with Crippen LogP contribution in [0.5, 0.6) is 0 Å². The van der Waals surface area contributed by atoms with Crippen LogP contribution in [0, 0.1) is 5.92 Å². The molecule has 1 rings (SSSR count). The standard InChI is InChI=1S/C9H18N2O2/c1-7(2)4-3-5-11-8(12)6-10-9(11)13/h7-8,12H,3-6H2,1-2H3,(H,10,13). The van der Waals surface area contributed by atoms with Crippen LogP contribution in [0.4, 0.5) is 4.79 Å². The molecule has 4 nitrogen and oxygen atoms in total. The Morgan fingerprint density at radius 3 is 2.85 bits per heavy atom. The Morgan fingerprint density at radius 1 is 1.69 bits per heavy atom. The van der Waals surface area contributed by atoms with E-state index in [1.54, 1.807) is 0 Å². The maximum atomic E-state index is 11.1. The zero-order valence-corrected chi connectivity index (χ0v) is 8.29. The molecule has 0 aromatic rings. The maximum Gasteiger partial charge on any atom is 0.319 e. The Labute approximate surface area is 78.9 Å². The molecule has 1 saturated heterocycles. The third-order valence-corrected chi connectivity index (χ3v) is 2.24. The van der Waals surface area contributed by atoms with Crippen LogP contribution in [-0.2, 0) is 0 Å². The van der Waals surface area contributed by atoms with Crippen molar-refractivity contribution in [3.8, 4) is 0 Å². The number of amides is 2. The van der Waals surface area contributed by atoms with Gasteiger partial charge in [-0.15, -0.1) is 0 Å². The van der Waals surface area contributed by atoms with Crippen LogP contribution in [0.1, 0.15) is 26.7 Å². The molecular formula is C9H18N2O2. The quantitative estimate of drug-likeness (QED) is 0.681. The van der Waals surface area contributed by atoms with Gasteiger partial charge in [0.15, 0.2) is 0 Å². The van der Waals surface area contributed by atoms with Gasteiger partial charge in [0.2, 0.25) is 0 Å². The molecule has 0 aliphatic carbocycles. The number of nitrogens with zero attached hydrogens (tertiary/aromatic N) is 1. The van der Waals surface area contributed by atoms with Crippen molar-refractivity contribution in [2.75, 3.05) is 13.1 Å². The number of hydrogen-bond acceptors (Lipinski definition) is 2. The summed E-state index contributed by atoms with van der Waals surface area (Å²) in [4.78, 5) is 12.6. The minimum atomic E-state index is -0.625. The van der Waals surface area contributed by atoms with Gasteiger partial charge in [-0.2, -0.15) is 0 Å². The van der Waals surface area contributed by atoms with Gasteiger partial charge >= 0.3 is 6.03 Å². The predicted octanol–water partition coefficient (Wildman–Crippen LogP) is 0.766. The van der Waals surface area contributed by atoms with Gasteiger partial charge in [-0.05, 0) is 18.8 Å². The summed E-state index contributed by atoms with van der Waals surface area (Å²) < 4.78 is 0. The van der Waals surface area contributed by atoms with Crippen molar-refractivity contribution in [3.05, 3.63) is 0 Å². The van der Waals surface area contributed by atoms with Crippen LogP contribution in [-0.4, -0.2) is 35.4 Å². The monoisotopic (exact) mass is 186 g/mol. The smallest absolute Gasteiger partial charge is 0.319 e. The lowest BCUT2D eigenvalue weighted by molar-refractivity contribution is 0.0633. The van der Waals surface area contributed by atoms with Crippen LogP contribution >= 0.6 is 0 Å². The molecule has 1 fully saturated rings. The molecule has 0 bridgehead atoms. The summed E-state index contributed by atoms with van der Waals surface area (Å²) in [7, 11) is 0. The molecule has 76 valence electrons. The average molecular weight is 186 g/mol. The zero-order valence-electron chi connectivity index (χ0n) is 8.29. The first-order valence-electron chi connectivity index (χ1n) is 4.84. The summed E-state index contributed by atoms with van der Waals surface area (Å²) in [6, 6.07) is -0.142. The van der Waals surface area contributed by atoms with Gasteiger partial charge in [-0.25, -0.2) is 4.79 Å². The molecule has 0 aromatic carbocycles. The number of aliphatic hydroxyl groups is 1. The van der Waals surface area contributed by atoms with Gasteiger partial charge < -0.3 is 10.4 Å². The van der Waals surface area contributed by atoms with Gasteiger partial charge in [0.25, 0.3) is 0 Å². The van der Waals surface area contributed by atoms with Crippen molar-refractivity contribution in [3.63, 3.8) is 0 Å². The minimum absolute atomic E-state index is 0.142. The summed E-state index contributed by atoms with van der Waals surface area (Å²) in [6.07, 6.45) is 1.43. The molecule has 1 unspecified atom stereocenters. The van der Waals surface area contributed by atoms with Crippen molar-refractivity contribution >= 4 is 6.03 Å². The largest absolute Gasteiger partial charge is 0.372 e. The number of nitrogens with one attached hydrogen (secondary N) is 1. The summed E-state index contributed by atoms with van der Waals surface area (Å²) in [6.45, 7) is 5.33. The van der Waals surface area contributed by atoms with E-state index in [-0.39, 0.29) is 6.03 Å². The van der Waals surface area contributed by atoms with E-state index in [9.17, 15) is 9.90 Å². The lowest BCUT2D eigenvalue weighted by Gasteiger charge is -2.18. The maximum absolute atomic E-state index is 11.1. The Kier molecular flexibility index (Phi) is 3.54. The number of β-amino-alcohol motifs (C(OH)–C–C–N with tert-alkyl or cyclic N) is 1. The van der Waals surface area contributed by atoms with Crippen LogP contribution in [0.15, 0.2) is 0 Å². The average Bonchev–Trinajstić information content (AvgIpc) is 2.34. The van der Waals surface area contributed by atoms with E-state index in [1.807, 2.05) is 0 Å². The summed E-state index contributed by atoms with van der Waals surface area (Å²) >= 11 is 0. The summed E-state index contributed by atoms with van der Waals surface area (Å²) in [5.41, 5.74) is 0. The highest BCUT2D eigenvalue weighted by Crippen LogP contribution is 2.09.